The predicted molar refractivity (Wildman–Crippen MR) is 61.8 cm³/mol. The molecule has 2 N–H and O–H groups in total. The Labute approximate surface area is 100 Å². The third-order valence-corrected chi connectivity index (χ3v) is 2.49. The highest BCUT2D eigenvalue weighted by molar-refractivity contribution is 5.92. The molecule has 0 aromatic carbocycles. The lowest BCUT2D eigenvalue weighted by Gasteiger charge is -2.23. The van der Waals surface area contributed by atoms with Gasteiger partial charge in [-0.1, -0.05) is 5.16 Å². The molecule has 90 valence electrons. The molecule has 1 aromatic heterocycles. The van der Waals surface area contributed by atoms with Crippen molar-refractivity contribution in [2.45, 2.75) is 25.8 Å². The van der Waals surface area contributed by atoms with Crippen molar-refractivity contribution >= 4 is 18.3 Å². The summed E-state index contributed by atoms with van der Waals surface area (Å²) in [7, 11) is 0. The zero-order chi connectivity index (χ0) is 10.7. The highest BCUT2D eigenvalue weighted by atomic mass is 35.5. The Kier molecular flexibility index (Phi) is 4.76. The van der Waals surface area contributed by atoms with Crippen molar-refractivity contribution in [2.75, 3.05) is 13.1 Å². The van der Waals surface area contributed by atoms with E-state index in [1.54, 1.807) is 13.0 Å². The molecular weight excluding hydrogens is 230 g/mol. The van der Waals surface area contributed by atoms with Gasteiger partial charge in [0.15, 0.2) is 5.69 Å². The monoisotopic (exact) mass is 245 g/mol. The summed E-state index contributed by atoms with van der Waals surface area (Å²) < 4.78 is 4.85. The van der Waals surface area contributed by atoms with Gasteiger partial charge in [-0.2, -0.15) is 0 Å². The molecule has 5 nitrogen and oxygen atoms in total. The van der Waals surface area contributed by atoms with Gasteiger partial charge in [0.2, 0.25) is 0 Å². The Morgan fingerprint density at radius 1 is 1.69 bits per heavy atom. The highest BCUT2D eigenvalue weighted by Crippen LogP contribution is 2.05. The molecule has 1 fully saturated rings. The number of halogens is 1. The molecule has 0 radical (unpaired) electrons. The zero-order valence-corrected chi connectivity index (χ0v) is 9.97. The molecule has 6 heteroatoms. The molecule has 0 saturated carbocycles. The molecule has 0 unspecified atom stereocenters. The maximum absolute atomic E-state index is 11.7. The van der Waals surface area contributed by atoms with Gasteiger partial charge in [-0.3, -0.25) is 4.79 Å². The van der Waals surface area contributed by atoms with E-state index in [1.165, 1.54) is 0 Å². The molecule has 0 spiro atoms. The molecule has 2 heterocycles. The van der Waals surface area contributed by atoms with Gasteiger partial charge in [0.05, 0.1) is 0 Å². The van der Waals surface area contributed by atoms with Crippen LogP contribution in [0.2, 0.25) is 0 Å². The topological polar surface area (TPSA) is 67.2 Å². The predicted octanol–water partition coefficient (Wildman–Crippen LogP) is 0.887. The zero-order valence-electron chi connectivity index (χ0n) is 9.16. The molecule has 16 heavy (non-hydrogen) atoms. The van der Waals surface area contributed by atoms with Crippen molar-refractivity contribution < 1.29 is 9.32 Å². The van der Waals surface area contributed by atoms with E-state index in [2.05, 4.69) is 15.8 Å². The van der Waals surface area contributed by atoms with Crippen LogP contribution >= 0.6 is 12.4 Å². The van der Waals surface area contributed by atoms with Gasteiger partial charge in [0, 0.05) is 18.7 Å². The summed E-state index contributed by atoms with van der Waals surface area (Å²) in [4.78, 5) is 11.7. The lowest BCUT2D eigenvalue weighted by Crippen LogP contribution is -2.45. The Bertz CT molecular complexity index is 348. The number of hydrogen-bond acceptors (Lipinski definition) is 4. The molecule has 1 saturated heterocycles. The standard InChI is InChI=1S/C10H15N3O2.ClH/c1-7-5-9(13-15-7)10(14)12-8-3-2-4-11-6-8;/h5,8,11H,2-4,6H2,1H3,(H,12,14);1H/t8-;/m1./s1. The maximum atomic E-state index is 11.7. The van der Waals surface area contributed by atoms with Gasteiger partial charge in [0.1, 0.15) is 5.76 Å². The van der Waals surface area contributed by atoms with Crippen LogP contribution in [0, 0.1) is 6.92 Å². The number of aromatic nitrogens is 1. The van der Waals surface area contributed by atoms with E-state index in [1.807, 2.05) is 0 Å². The van der Waals surface area contributed by atoms with Gasteiger partial charge in [0.25, 0.3) is 5.91 Å². The summed E-state index contributed by atoms with van der Waals surface area (Å²) in [6.45, 7) is 3.64. The molecule has 2 rings (SSSR count). The fourth-order valence-corrected chi connectivity index (χ4v) is 1.71. The van der Waals surface area contributed by atoms with Crippen LogP contribution in [0.4, 0.5) is 0 Å². The summed E-state index contributed by atoms with van der Waals surface area (Å²) in [5.74, 6) is 0.502. The molecule has 1 aliphatic heterocycles. The fraction of sp³-hybridized carbons (Fsp3) is 0.600. The minimum atomic E-state index is -0.152. The van der Waals surface area contributed by atoms with Crippen LogP contribution in [0.1, 0.15) is 29.1 Å². The van der Waals surface area contributed by atoms with Gasteiger partial charge >= 0.3 is 0 Å². The van der Waals surface area contributed by atoms with Gasteiger partial charge in [-0.25, -0.2) is 0 Å². The van der Waals surface area contributed by atoms with Crippen molar-refractivity contribution in [3.05, 3.63) is 17.5 Å². The fourth-order valence-electron chi connectivity index (χ4n) is 1.71. The normalized spacial score (nSPS) is 19.9. The van der Waals surface area contributed by atoms with E-state index < -0.39 is 0 Å². The highest BCUT2D eigenvalue weighted by Gasteiger charge is 2.18. The Balaban J connectivity index is 0.00000128. The minimum Gasteiger partial charge on any atom is -0.361 e. The van der Waals surface area contributed by atoms with Crippen LogP contribution < -0.4 is 10.6 Å². The number of carbonyl (C=O) groups excluding carboxylic acids is 1. The number of amides is 1. The number of hydrogen-bond donors (Lipinski definition) is 2. The van der Waals surface area contributed by atoms with Gasteiger partial charge in [-0.05, 0) is 26.3 Å². The third-order valence-electron chi connectivity index (χ3n) is 2.49. The lowest BCUT2D eigenvalue weighted by molar-refractivity contribution is 0.0921. The van der Waals surface area contributed by atoms with Crippen LogP contribution in [0.3, 0.4) is 0 Å². The van der Waals surface area contributed by atoms with Crippen LogP contribution in [0.5, 0.6) is 0 Å². The number of piperidine rings is 1. The largest absolute Gasteiger partial charge is 0.361 e. The van der Waals surface area contributed by atoms with E-state index in [0.29, 0.717) is 11.5 Å². The quantitative estimate of drug-likeness (QED) is 0.812. The Morgan fingerprint density at radius 2 is 2.50 bits per heavy atom. The van der Waals surface area contributed by atoms with Crippen molar-refractivity contribution in [3.63, 3.8) is 0 Å². The molecule has 1 aliphatic rings. The van der Waals surface area contributed by atoms with Crippen molar-refractivity contribution in [3.8, 4) is 0 Å². The van der Waals surface area contributed by atoms with Crippen LogP contribution in [-0.2, 0) is 0 Å². The van der Waals surface area contributed by atoms with Crippen LogP contribution in [-0.4, -0.2) is 30.2 Å². The first-order chi connectivity index (χ1) is 7.25. The number of rotatable bonds is 2. The maximum Gasteiger partial charge on any atom is 0.273 e. The van der Waals surface area contributed by atoms with Crippen LogP contribution in [0.15, 0.2) is 10.6 Å². The number of carbonyl (C=O) groups is 1. The van der Waals surface area contributed by atoms with Crippen molar-refractivity contribution in [1.29, 1.82) is 0 Å². The van der Waals surface area contributed by atoms with E-state index in [9.17, 15) is 4.79 Å². The summed E-state index contributed by atoms with van der Waals surface area (Å²) >= 11 is 0. The average molecular weight is 246 g/mol. The second kappa shape index (κ2) is 5.86. The first-order valence-corrected chi connectivity index (χ1v) is 5.20. The molecular formula is C10H16ClN3O2. The molecule has 1 amide bonds. The summed E-state index contributed by atoms with van der Waals surface area (Å²) in [5.41, 5.74) is 0.359. The second-order valence-electron chi connectivity index (χ2n) is 3.84. The SMILES string of the molecule is Cc1cc(C(=O)N[C@@H]2CCCNC2)no1.Cl. The summed E-state index contributed by atoms with van der Waals surface area (Å²) in [6.07, 6.45) is 2.12. The number of nitrogens with zero attached hydrogens (tertiary/aromatic N) is 1. The number of nitrogens with one attached hydrogen (secondary N) is 2. The van der Waals surface area contributed by atoms with Crippen molar-refractivity contribution in [2.24, 2.45) is 0 Å². The molecule has 0 aliphatic carbocycles. The average Bonchev–Trinajstić information content (AvgIpc) is 2.66. The third kappa shape index (κ3) is 3.21. The molecule has 0 bridgehead atoms. The summed E-state index contributed by atoms with van der Waals surface area (Å²) in [5, 5.41) is 9.84. The van der Waals surface area contributed by atoms with Crippen LogP contribution in [0.25, 0.3) is 0 Å². The van der Waals surface area contributed by atoms with Gasteiger partial charge < -0.3 is 15.2 Å². The lowest BCUT2D eigenvalue weighted by atomic mass is 10.1. The van der Waals surface area contributed by atoms with Gasteiger partial charge in [-0.15, -0.1) is 12.4 Å². The molecule has 1 aromatic rings. The Morgan fingerprint density at radius 3 is 3.06 bits per heavy atom. The van der Waals surface area contributed by atoms with E-state index >= 15 is 0 Å². The second-order valence-corrected chi connectivity index (χ2v) is 3.84. The first kappa shape index (κ1) is 13.0. The Hall–Kier alpha value is -1.07. The van der Waals surface area contributed by atoms with E-state index in [0.717, 1.165) is 25.9 Å². The smallest absolute Gasteiger partial charge is 0.273 e. The summed E-state index contributed by atoms with van der Waals surface area (Å²) in [6, 6.07) is 1.86. The molecule has 1 atom stereocenters. The number of aryl methyl sites for hydroxylation is 1. The first-order valence-electron chi connectivity index (χ1n) is 5.20. The van der Waals surface area contributed by atoms with Crippen molar-refractivity contribution in [1.82, 2.24) is 15.8 Å². The van der Waals surface area contributed by atoms with E-state index in [-0.39, 0.29) is 24.4 Å². The van der Waals surface area contributed by atoms with E-state index in [4.69, 9.17) is 4.52 Å². The minimum absolute atomic E-state index is 0.